The maximum absolute atomic E-state index is 12.5. The van der Waals surface area contributed by atoms with Crippen molar-refractivity contribution in [1.29, 1.82) is 0 Å². The van der Waals surface area contributed by atoms with Gasteiger partial charge in [-0.05, 0) is 23.8 Å². The van der Waals surface area contributed by atoms with Gasteiger partial charge in [0.25, 0.3) is 0 Å². The maximum Gasteiger partial charge on any atom is 0.233 e. The molecule has 2 aromatic rings. The quantitative estimate of drug-likeness (QED) is 0.902. The van der Waals surface area contributed by atoms with E-state index in [-0.39, 0.29) is 5.91 Å². The molecular formula is C16H17N3O. The monoisotopic (exact) mass is 267 g/mol. The first-order chi connectivity index (χ1) is 9.84. The summed E-state index contributed by atoms with van der Waals surface area (Å²) >= 11 is 0. The molecular weight excluding hydrogens is 250 g/mol. The summed E-state index contributed by atoms with van der Waals surface area (Å²) in [6.07, 6.45) is 2.07. The number of hydrogen-bond donors (Lipinski definition) is 1. The summed E-state index contributed by atoms with van der Waals surface area (Å²) in [6.45, 7) is 2.31. The van der Waals surface area contributed by atoms with Gasteiger partial charge >= 0.3 is 0 Å². The topological polar surface area (TPSA) is 45.2 Å². The number of carbonyl (C=O) groups is 1. The van der Waals surface area contributed by atoms with Gasteiger partial charge in [-0.3, -0.25) is 9.78 Å². The lowest BCUT2D eigenvalue weighted by atomic mass is 10.1. The van der Waals surface area contributed by atoms with Crippen LogP contribution in [0.1, 0.15) is 11.3 Å². The van der Waals surface area contributed by atoms with Crippen LogP contribution in [0.5, 0.6) is 0 Å². The molecule has 0 aliphatic carbocycles. The molecule has 0 spiro atoms. The summed E-state index contributed by atoms with van der Waals surface area (Å²) in [5.41, 5.74) is 2.99. The average Bonchev–Trinajstić information content (AvgIpc) is 2.70. The normalized spacial score (nSPS) is 14.5. The molecule has 1 aromatic carbocycles. The molecule has 0 unspecified atom stereocenters. The molecule has 0 fully saturated rings. The second-order valence-electron chi connectivity index (χ2n) is 4.85. The van der Waals surface area contributed by atoms with Crippen LogP contribution in [0.4, 0.5) is 5.69 Å². The molecule has 0 atom stereocenters. The van der Waals surface area contributed by atoms with Gasteiger partial charge in [0, 0.05) is 37.2 Å². The third-order valence-corrected chi connectivity index (χ3v) is 3.47. The number of para-hydroxylation sites is 1. The lowest BCUT2D eigenvalue weighted by Crippen LogP contribution is -2.35. The first kappa shape index (κ1) is 12.8. The van der Waals surface area contributed by atoms with Gasteiger partial charge in [0.15, 0.2) is 0 Å². The van der Waals surface area contributed by atoms with E-state index < -0.39 is 0 Å². The number of pyridine rings is 1. The number of rotatable bonds is 2. The van der Waals surface area contributed by atoms with Gasteiger partial charge < -0.3 is 10.2 Å². The Balaban J connectivity index is 1.84. The van der Waals surface area contributed by atoms with E-state index >= 15 is 0 Å². The number of benzene rings is 1. The van der Waals surface area contributed by atoms with E-state index in [2.05, 4.69) is 16.4 Å². The molecule has 1 aliphatic heterocycles. The summed E-state index contributed by atoms with van der Waals surface area (Å²) < 4.78 is 0. The van der Waals surface area contributed by atoms with E-state index in [9.17, 15) is 4.79 Å². The van der Waals surface area contributed by atoms with Crippen LogP contribution in [0.15, 0.2) is 48.7 Å². The van der Waals surface area contributed by atoms with Crippen molar-refractivity contribution >= 4 is 11.6 Å². The Morgan fingerprint density at radius 1 is 1.20 bits per heavy atom. The Morgan fingerprint density at radius 3 is 2.90 bits per heavy atom. The fourth-order valence-corrected chi connectivity index (χ4v) is 2.47. The summed E-state index contributed by atoms with van der Waals surface area (Å²) in [5.74, 6) is 0.0971. The highest BCUT2D eigenvalue weighted by atomic mass is 16.2. The zero-order chi connectivity index (χ0) is 13.8. The SMILES string of the molecule is O=C(Cc1ccccn1)N1CCNCc2ccccc21. The molecule has 1 amide bonds. The van der Waals surface area contributed by atoms with Crippen LogP contribution >= 0.6 is 0 Å². The second kappa shape index (κ2) is 5.84. The van der Waals surface area contributed by atoms with E-state index in [1.807, 2.05) is 41.3 Å². The zero-order valence-corrected chi connectivity index (χ0v) is 11.2. The molecule has 102 valence electrons. The zero-order valence-electron chi connectivity index (χ0n) is 11.2. The van der Waals surface area contributed by atoms with Crippen LogP contribution in [0.25, 0.3) is 0 Å². The third kappa shape index (κ3) is 2.70. The number of amides is 1. The van der Waals surface area contributed by atoms with E-state index in [0.29, 0.717) is 13.0 Å². The highest BCUT2D eigenvalue weighted by Crippen LogP contribution is 2.22. The first-order valence-corrected chi connectivity index (χ1v) is 6.83. The van der Waals surface area contributed by atoms with Crippen molar-refractivity contribution in [2.24, 2.45) is 0 Å². The Labute approximate surface area is 118 Å². The number of anilines is 1. The summed E-state index contributed by atoms with van der Waals surface area (Å²) in [4.78, 5) is 18.6. The number of nitrogens with zero attached hydrogens (tertiary/aromatic N) is 2. The average molecular weight is 267 g/mol. The van der Waals surface area contributed by atoms with Gasteiger partial charge in [0.1, 0.15) is 0 Å². The van der Waals surface area contributed by atoms with Crippen LogP contribution in [-0.2, 0) is 17.8 Å². The number of fused-ring (bicyclic) bond motifs is 1. The number of aromatic nitrogens is 1. The Morgan fingerprint density at radius 2 is 2.05 bits per heavy atom. The predicted molar refractivity (Wildman–Crippen MR) is 78.4 cm³/mol. The van der Waals surface area contributed by atoms with Crippen molar-refractivity contribution in [1.82, 2.24) is 10.3 Å². The van der Waals surface area contributed by atoms with Crippen LogP contribution in [0, 0.1) is 0 Å². The van der Waals surface area contributed by atoms with Crippen molar-refractivity contribution in [3.05, 3.63) is 59.9 Å². The van der Waals surface area contributed by atoms with Crippen molar-refractivity contribution in [2.45, 2.75) is 13.0 Å². The fraction of sp³-hybridized carbons (Fsp3) is 0.250. The smallest absolute Gasteiger partial charge is 0.233 e. The van der Waals surface area contributed by atoms with Gasteiger partial charge in [-0.15, -0.1) is 0 Å². The number of nitrogens with one attached hydrogen (secondary N) is 1. The highest BCUT2D eigenvalue weighted by molar-refractivity contribution is 5.95. The minimum atomic E-state index is 0.0971. The standard InChI is InChI=1S/C16H17N3O/c20-16(11-14-6-3-4-8-18-14)19-10-9-17-12-13-5-1-2-7-15(13)19/h1-8,17H,9-12H2. The molecule has 1 N–H and O–H groups in total. The Bertz CT molecular complexity index is 598. The minimum Gasteiger partial charge on any atom is -0.311 e. The summed E-state index contributed by atoms with van der Waals surface area (Å²) in [7, 11) is 0. The molecule has 20 heavy (non-hydrogen) atoms. The molecule has 2 heterocycles. The second-order valence-corrected chi connectivity index (χ2v) is 4.85. The van der Waals surface area contributed by atoms with Crippen LogP contribution < -0.4 is 10.2 Å². The van der Waals surface area contributed by atoms with Crippen LogP contribution in [-0.4, -0.2) is 24.0 Å². The van der Waals surface area contributed by atoms with Gasteiger partial charge in [-0.25, -0.2) is 0 Å². The van der Waals surface area contributed by atoms with Crippen molar-refractivity contribution in [3.63, 3.8) is 0 Å². The molecule has 4 nitrogen and oxygen atoms in total. The van der Waals surface area contributed by atoms with Gasteiger partial charge in [-0.1, -0.05) is 24.3 Å². The largest absolute Gasteiger partial charge is 0.311 e. The Kier molecular flexibility index (Phi) is 3.74. The van der Waals surface area contributed by atoms with Crippen LogP contribution in [0.3, 0.4) is 0 Å². The molecule has 1 aromatic heterocycles. The maximum atomic E-state index is 12.5. The molecule has 0 saturated carbocycles. The third-order valence-electron chi connectivity index (χ3n) is 3.47. The van der Waals surface area contributed by atoms with Gasteiger partial charge in [0.05, 0.1) is 6.42 Å². The molecule has 3 rings (SSSR count). The van der Waals surface area contributed by atoms with E-state index in [1.54, 1.807) is 6.20 Å². The van der Waals surface area contributed by atoms with Crippen LogP contribution in [0.2, 0.25) is 0 Å². The number of carbonyl (C=O) groups excluding carboxylic acids is 1. The molecule has 0 saturated heterocycles. The highest BCUT2D eigenvalue weighted by Gasteiger charge is 2.20. The summed E-state index contributed by atoms with van der Waals surface area (Å²) in [5, 5.41) is 3.34. The van der Waals surface area contributed by atoms with Gasteiger partial charge in [0.2, 0.25) is 5.91 Å². The molecule has 0 bridgehead atoms. The van der Waals surface area contributed by atoms with Crippen molar-refractivity contribution in [3.8, 4) is 0 Å². The molecule has 4 heteroatoms. The molecule has 1 aliphatic rings. The lowest BCUT2D eigenvalue weighted by Gasteiger charge is -2.22. The fourth-order valence-electron chi connectivity index (χ4n) is 2.47. The Hall–Kier alpha value is -2.20. The number of hydrogen-bond acceptors (Lipinski definition) is 3. The first-order valence-electron chi connectivity index (χ1n) is 6.83. The van der Waals surface area contributed by atoms with Gasteiger partial charge in [-0.2, -0.15) is 0 Å². The molecule has 0 radical (unpaired) electrons. The lowest BCUT2D eigenvalue weighted by molar-refractivity contribution is -0.118. The van der Waals surface area contributed by atoms with E-state index in [0.717, 1.165) is 24.5 Å². The minimum absolute atomic E-state index is 0.0971. The summed E-state index contributed by atoms with van der Waals surface area (Å²) in [6, 6.07) is 13.7. The van der Waals surface area contributed by atoms with E-state index in [4.69, 9.17) is 0 Å². The van der Waals surface area contributed by atoms with E-state index in [1.165, 1.54) is 5.56 Å². The van der Waals surface area contributed by atoms with Crippen molar-refractivity contribution < 1.29 is 4.79 Å². The predicted octanol–water partition coefficient (Wildman–Crippen LogP) is 1.76. The van der Waals surface area contributed by atoms with Crippen molar-refractivity contribution in [2.75, 3.05) is 18.0 Å².